The highest BCUT2D eigenvalue weighted by atomic mass is 16.4. The van der Waals surface area contributed by atoms with E-state index in [4.69, 9.17) is 0 Å². The largest absolute Gasteiger partial charge is 0.481 e. The number of hydrogen-bond acceptors (Lipinski definition) is 4. The third-order valence-corrected chi connectivity index (χ3v) is 3.47. The number of benzene rings is 1. The molecule has 1 rings (SSSR count). The van der Waals surface area contributed by atoms with Crippen LogP contribution in [0.3, 0.4) is 0 Å². The van der Waals surface area contributed by atoms with Gasteiger partial charge in [-0.2, -0.15) is 0 Å². The normalized spacial score (nSPS) is 12.6. The summed E-state index contributed by atoms with van der Waals surface area (Å²) in [5, 5.41) is 16.6. The van der Waals surface area contributed by atoms with Crippen LogP contribution in [0.1, 0.15) is 19.4 Å². The van der Waals surface area contributed by atoms with Crippen LogP contribution in [0.15, 0.2) is 30.3 Å². The van der Waals surface area contributed by atoms with Crippen LogP contribution >= 0.6 is 0 Å². The van der Waals surface area contributed by atoms with Gasteiger partial charge in [-0.05, 0) is 12.5 Å². The van der Waals surface area contributed by atoms with E-state index in [0.717, 1.165) is 0 Å². The number of carboxylic acids is 1. The van der Waals surface area contributed by atoms with Crippen LogP contribution in [0.5, 0.6) is 0 Å². The first-order valence-electron chi connectivity index (χ1n) is 7.32. The van der Waals surface area contributed by atoms with Crippen molar-refractivity contribution in [3.63, 3.8) is 0 Å². The van der Waals surface area contributed by atoms with Gasteiger partial charge in [0.15, 0.2) is 0 Å². The molecule has 8 heteroatoms. The number of nitrogens with one attached hydrogen (secondary N) is 3. The molecule has 0 spiro atoms. The van der Waals surface area contributed by atoms with Gasteiger partial charge in [0.05, 0.1) is 13.1 Å². The summed E-state index contributed by atoms with van der Waals surface area (Å²) in [6.07, 6.45) is 0. The molecule has 4 N–H and O–H groups in total. The van der Waals surface area contributed by atoms with Crippen LogP contribution < -0.4 is 16.0 Å². The predicted molar refractivity (Wildman–Crippen MR) is 86.1 cm³/mol. The lowest BCUT2D eigenvalue weighted by molar-refractivity contribution is -0.143. The SMILES string of the molecule is CC(=O)NCC(=O)NCC(=O)NCC(C)(C(=O)O)c1ccccc1. The lowest BCUT2D eigenvalue weighted by Crippen LogP contribution is -2.47. The third-order valence-electron chi connectivity index (χ3n) is 3.47. The molecule has 1 aromatic carbocycles. The first-order valence-corrected chi connectivity index (χ1v) is 7.32. The maximum absolute atomic E-state index is 11.8. The third kappa shape index (κ3) is 5.71. The Labute approximate surface area is 139 Å². The van der Waals surface area contributed by atoms with Gasteiger partial charge in [-0.15, -0.1) is 0 Å². The quantitative estimate of drug-likeness (QED) is 0.505. The Morgan fingerprint density at radius 1 is 0.958 bits per heavy atom. The highest BCUT2D eigenvalue weighted by molar-refractivity contribution is 5.88. The Morgan fingerprint density at radius 3 is 2.04 bits per heavy atom. The Morgan fingerprint density at radius 2 is 1.50 bits per heavy atom. The summed E-state index contributed by atoms with van der Waals surface area (Å²) in [4.78, 5) is 45.4. The van der Waals surface area contributed by atoms with Crippen LogP contribution in [0.4, 0.5) is 0 Å². The second-order valence-corrected chi connectivity index (χ2v) is 5.47. The summed E-state index contributed by atoms with van der Waals surface area (Å²) in [5.74, 6) is -2.45. The molecule has 3 amide bonds. The zero-order valence-electron chi connectivity index (χ0n) is 13.6. The summed E-state index contributed by atoms with van der Waals surface area (Å²) in [5.41, 5.74) is -0.718. The van der Waals surface area contributed by atoms with Gasteiger partial charge in [0, 0.05) is 13.5 Å². The molecular weight excluding hydrogens is 314 g/mol. The van der Waals surface area contributed by atoms with E-state index in [2.05, 4.69) is 16.0 Å². The van der Waals surface area contributed by atoms with Crippen molar-refractivity contribution in [3.05, 3.63) is 35.9 Å². The summed E-state index contributed by atoms with van der Waals surface area (Å²) in [6.45, 7) is 2.14. The Hall–Kier alpha value is -2.90. The molecular formula is C16H21N3O5. The summed E-state index contributed by atoms with van der Waals surface area (Å²) in [6, 6.07) is 8.57. The molecule has 130 valence electrons. The molecule has 1 atom stereocenters. The number of carbonyl (C=O) groups excluding carboxylic acids is 3. The van der Waals surface area contributed by atoms with E-state index in [1.54, 1.807) is 30.3 Å². The summed E-state index contributed by atoms with van der Waals surface area (Å²) in [7, 11) is 0. The highest BCUT2D eigenvalue weighted by Crippen LogP contribution is 2.23. The molecule has 0 saturated carbocycles. The molecule has 0 aliphatic heterocycles. The average Bonchev–Trinajstić information content (AvgIpc) is 2.56. The highest BCUT2D eigenvalue weighted by Gasteiger charge is 2.35. The van der Waals surface area contributed by atoms with E-state index in [1.165, 1.54) is 13.8 Å². The van der Waals surface area contributed by atoms with Gasteiger partial charge in [-0.3, -0.25) is 19.2 Å². The van der Waals surface area contributed by atoms with Gasteiger partial charge in [-0.1, -0.05) is 30.3 Å². The predicted octanol–water partition coefficient (Wildman–Crippen LogP) is -0.603. The van der Waals surface area contributed by atoms with E-state index in [-0.39, 0.29) is 25.5 Å². The molecule has 0 fully saturated rings. The first kappa shape index (κ1) is 19.1. The number of carbonyl (C=O) groups is 4. The van der Waals surface area contributed by atoms with Gasteiger partial charge in [0.1, 0.15) is 5.41 Å². The minimum absolute atomic E-state index is 0.118. The number of amides is 3. The van der Waals surface area contributed by atoms with Crippen molar-refractivity contribution < 1.29 is 24.3 Å². The van der Waals surface area contributed by atoms with Gasteiger partial charge >= 0.3 is 5.97 Å². The van der Waals surface area contributed by atoms with Crippen LogP contribution in [-0.2, 0) is 24.6 Å². The van der Waals surface area contributed by atoms with E-state index < -0.39 is 23.2 Å². The molecule has 0 bridgehead atoms. The number of carboxylic acid groups (broad SMARTS) is 1. The zero-order chi connectivity index (χ0) is 18.2. The molecule has 0 saturated heterocycles. The lowest BCUT2D eigenvalue weighted by Gasteiger charge is -2.25. The smallest absolute Gasteiger partial charge is 0.315 e. The van der Waals surface area contributed by atoms with Gasteiger partial charge in [-0.25, -0.2) is 0 Å². The molecule has 1 aromatic rings. The topological polar surface area (TPSA) is 125 Å². The van der Waals surface area contributed by atoms with Crippen molar-refractivity contribution in [2.45, 2.75) is 19.3 Å². The molecule has 0 aliphatic carbocycles. The molecule has 0 radical (unpaired) electrons. The van der Waals surface area contributed by atoms with Gasteiger partial charge in [0.2, 0.25) is 17.7 Å². The van der Waals surface area contributed by atoms with E-state index >= 15 is 0 Å². The van der Waals surface area contributed by atoms with Gasteiger partial charge < -0.3 is 21.1 Å². The summed E-state index contributed by atoms with van der Waals surface area (Å²) < 4.78 is 0. The number of hydrogen-bond donors (Lipinski definition) is 4. The minimum Gasteiger partial charge on any atom is -0.481 e. The second kappa shape index (κ2) is 8.66. The molecule has 24 heavy (non-hydrogen) atoms. The molecule has 8 nitrogen and oxygen atoms in total. The van der Waals surface area contributed by atoms with E-state index in [1.807, 2.05) is 0 Å². The van der Waals surface area contributed by atoms with Crippen LogP contribution in [-0.4, -0.2) is 48.4 Å². The van der Waals surface area contributed by atoms with Crippen molar-refractivity contribution in [1.29, 1.82) is 0 Å². The fourth-order valence-corrected chi connectivity index (χ4v) is 1.89. The first-order chi connectivity index (χ1) is 11.3. The number of aliphatic carboxylic acids is 1. The maximum Gasteiger partial charge on any atom is 0.315 e. The maximum atomic E-state index is 11.8. The summed E-state index contributed by atoms with van der Waals surface area (Å²) >= 11 is 0. The standard InChI is InChI=1S/C16H21N3O5/c1-11(20)17-8-13(21)18-9-14(22)19-10-16(2,15(23)24)12-6-4-3-5-7-12/h3-7H,8-10H2,1-2H3,(H,17,20)(H,18,21)(H,19,22)(H,23,24). The van der Waals surface area contributed by atoms with Crippen LogP contribution in [0, 0.1) is 0 Å². The van der Waals surface area contributed by atoms with Gasteiger partial charge in [0.25, 0.3) is 0 Å². The molecule has 0 heterocycles. The minimum atomic E-state index is -1.28. The van der Waals surface area contributed by atoms with Crippen molar-refractivity contribution in [2.24, 2.45) is 0 Å². The van der Waals surface area contributed by atoms with Crippen molar-refractivity contribution in [1.82, 2.24) is 16.0 Å². The molecule has 0 aromatic heterocycles. The second-order valence-electron chi connectivity index (χ2n) is 5.47. The van der Waals surface area contributed by atoms with Crippen LogP contribution in [0.25, 0.3) is 0 Å². The molecule has 1 unspecified atom stereocenters. The van der Waals surface area contributed by atoms with Crippen LogP contribution in [0.2, 0.25) is 0 Å². The monoisotopic (exact) mass is 335 g/mol. The Bertz CT molecular complexity index is 617. The fourth-order valence-electron chi connectivity index (χ4n) is 1.89. The van der Waals surface area contributed by atoms with Crippen molar-refractivity contribution >= 4 is 23.7 Å². The zero-order valence-corrected chi connectivity index (χ0v) is 13.6. The number of rotatable bonds is 8. The lowest BCUT2D eigenvalue weighted by atomic mass is 9.82. The van der Waals surface area contributed by atoms with E-state index in [0.29, 0.717) is 5.56 Å². The van der Waals surface area contributed by atoms with Crippen molar-refractivity contribution in [2.75, 3.05) is 19.6 Å². The average molecular weight is 335 g/mol. The Balaban J connectivity index is 2.53. The fraction of sp³-hybridized carbons (Fsp3) is 0.375. The van der Waals surface area contributed by atoms with E-state index in [9.17, 15) is 24.3 Å². The van der Waals surface area contributed by atoms with Crippen molar-refractivity contribution in [3.8, 4) is 0 Å². The Kier molecular flexibility index (Phi) is 6.91. The molecule has 0 aliphatic rings.